The van der Waals surface area contributed by atoms with Gasteiger partial charge in [-0.15, -0.1) is 11.3 Å². The average molecular weight is 440 g/mol. The van der Waals surface area contributed by atoms with Crippen LogP contribution in [0.2, 0.25) is 5.02 Å². The van der Waals surface area contributed by atoms with Gasteiger partial charge in [-0.2, -0.15) is 0 Å². The van der Waals surface area contributed by atoms with Gasteiger partial charge >= 0.3 is 5.69 Å². The lowest BCUT2D eigenvalue weighted by molar-refractivity contribution is -0.116. The Labute approximate surface area is 181 Å². The van der Waals surface area contributed by atoms with E-state index < -0.39 is 11.6 Å². The van der Waals surface area contributed by atoms with E-state index in [2.05, 4.69) is 5.32 Å². The summed E-state index contributed by atoms with van der Waals surface area (Å²) in [5, 5.41) is 4.86. The Balaban J connectivity index is 1.84. The molecule has 0 aliphatic heterocycles. The SMILES string of the molecule is Cc1ccc(C)c(-n2c(=O)c3sccc3n(CC(=O)Nc3ccccc3Cl)c2=O)c1. The number of carbonyl (C=O) groups is 1. The molecule has 2 aromatic carbocycles. The molecule has 1 amide bonds. The van der Waals surface area contributed by atoms with Gasteiger partial charge in [0, 0.05) is 0 Å². The van der Waals surface area contributed by atoms with Crippen molar-refractivity contribution in [3.63, 3.8) is 0 Å². The van der Waals surface area contributed by atoms with E-state index >= 15 is 0 Å². The Bertz CT molecular complexity index is 1400. The molecule has 0 aliphatic carbocycles. The largest absolute Gasteiger partial charge is 0.336 e. The molecule has 0 saturated heterocycles. The predicted molar refractivity (Wildman–Crippen MR) is 121 cm³/mol. The minimum atomic E-state index is -0.561. The fourth-order valence-electron chi connectivity index (χ4n) is 3.31. The zero-order valence-electron chi connectivity index (χ0n) is 16.3. The summed E-state index contributed by atoms with van der Waals surface area (Å²) >= 11 is 7.35. The molecule has 1 N–H and O–H groups in total. The van der Waals surface area contributed by atoms with E-state index in [4.69, 9.17) is 11.6 Å². The molecule has 4 aromatic rings. The number of thiophene rings is 1. The number of nitrogens with zero attached hydrogens (tertiary/aromatic N) is 2. The zero-order chi connectivity index (χ0) is 21.4. The highest BCUT2D eigenvalue weighted by atomic mass is 35.5. The van der Waals surface area contributed by atoms with E-state index in [0.717, 1.165) is 15.7 Å². The van der Waals surface area contributed by atoms with Crippen LogP contribution in [0.1, 0.15) is 11.1 Å². The highest BCUT2D eigenvalue weighted by molar-refractivity contribution is 7.17. The van der Waals surface area contributed by atoms with Crippen molar-refractivity contribution in [3.05, 3.63) is 90.9 Å². The van der Waals surface area contributed by atoms with Crippen LogP contribution in [0.5, 0.6) is 0 Å². The summed E-state index contributed by atoms with van der Waals surface area (Å²) in [7, 11) is 0. The van der Waals surface area contributed by atoms with Gasteiger partial charge in [-0.3, -0.25) is 14.2 Å². The first-order chi connectivity index (χ1) is 14.4. The molecule has 0 saturated carbocycles. The van der Waals surface area contributed by atoms with Crippen LogP contribution < -0.4 is 16.6 Å². The normalized spacial score (nSPS) is 11.0. The number of hydrogen-bond donors (Lipinski definition) is 1. The van der Waals surface area contributed by atoms with E-state index in [1.54, 1.807) is 41.8 Å². The Morgan fingerprint density at radius 1 is 1.10 bits per heavy atom. The molecule has 0 bridgehead atoms. The number of hydrogen-bond acceptors (Lipinski definition) is 4. The van der Waals surface area contributed by atoms with Crippen LogP contribution in [-0.2, 0) is 11.3 Å². The van der Waals surface area contributed by atoms with Gasteiger partial charge < -0.3 is 5.32 Å². The van der Waals surface area contributed by atoms with Crippen molar-refractivity contribution in [2.24, 2.45) is 0 Å². The number of para-hydroxylation sites is 1. The first kappa shape index (κ1) is 20.1. The van der Waals surface area contributed by atoms with E-state index in [1.807, 2.05) is 26.0 Å². The molecule has 0 fully saturated rings. The maximum Gasteiger partial charge on any atom is 0.336 e. The number of fused-ring (bicyclic) bond motifs is 1. The number of amides is 1. The Hall–Kier alpha value is -3.16. The van der Waals surface area contributed by atoms with Gasteiger partial charge in [0.25, 0.3) is 5.56 Å². The highest BCUT2D eigenvalue weighted by Gasteiger charge is 2.19. The van der Waals surface area contributed by atoms with Gasteiger partial charge in [0.1, 0.15) is 11.2 Å². The summed E-state index contributed by atoms with van der Waals surface area (Å²) in [6.45, 7) is 3.49. The number of aryl methyl sites for hydroxylation is 2. The van der Waals surface area contributed by atoms with Crippen LogP contribution in [0.3, 0.4) is 0 Å². The van der Waals surface area contributed by atoms with Crippen molar-refractivity contribution in [2.75, 3.05) is 5.32 Å². The molecule has 2 heterocycles. The molecule has 0 radical (unpaired) electrons. The van der Waals surface area contributed by atoms with Crippen LogP contribution in [0.25, 0.3) is 15.9 Å². The van der Waals surface area contributed by atoms with Crippen molar-refractivity contribution < 1.29 is 4.79 Å². The van der Waals surface area contributed by atoms with Crippen molar-refractivity contribution in [1.29, 1.82) is 0 Å². The van der Waals surface area contributed by atoms with Gasteiger partial charge in [0.05, 0.1) is 21.9 Å². The smallest absolute Gasteiger partial charge is 0.323 e. The van der Waals surface area contributed by atoms with Crippen LogP contribution >= 0.6 is 22.9 Å². The molecule has 8 heteroatoms. The number of halogens is 1. The summed E-state index contributed by atoms with van der Waals surface area (Å²) in [6, 6.07) is 14.1. The Morgan fingerprint density at radius 2 is 1.87 bits per heavy atom. The molecular weight excluding hydrogens is 422 g/mol. The molecule has 0 spiro atoms. The molecule has 0 aliphatic rings. The quantitative estimate of drug-likeness (QED) is 0.519. The number of aromatic nitrogens is 2. The van der Waals surface area contributed by atoms with Gasteiger partial charge in [-0.1, -0.05) is 35.9 Å². The first-order valence-electron chi connectivity index (χ1n) is 9.22. The summed E-state index contributed by atoms with van der Waals surface area (Å²) in [4.78, 5) is 39.1. The van der Waals surface area contributed by atoms with Crippen molar-refractivity contribution in [2.45, 2.75) is 20.4 Å². The van der Waals surface area contributed by atoms with Crippen LogP contribution in [0.4, 0.5) is 5.69 Å². The molecule has 0 unspecified atom stereocenters. The standard InChI is InChI=1S/C22H18ClN3O3S/c1-13-7-8-14(2)18(11-13)26-21(28)20-17(9-10-30-20)25(22(26)29)12-19(27)24-16-6-4-3-5-15(16)23/h3-11H,12H2,1-2H3,(H,24,27). The fourth-order valence-corrected chi connectivity index (χ4v) is 4.32. The average Bonchev–Trinajstić information content (AvgIpc) is 3.20. The molecule has 2 aromatic heterocycles. The Kier molecular flexibility index (Phi) is 5.32. The second-order valence-corrected chi connectivity index (χ2v) is 8.29. The van der Waals surface area contributed by atoms with Gasteiger partial charge in [-0.05, 0) is 54.6 Å². The number of nitrogens with one attached hydrogen (secondary N) is 1. The highest BCUT2D eigenvalue weighted by Crippen LogP contribution is 2.21. The van der Waals surface area contributed by atoms with E-state index in [-0.39, 0.29) is 12.1 Å². The second-order valence-electron chi connectivity index (χ2n) is 6.96. The third-order valence-electron chi connectivity index (χ3n) is 4.81. The lowest BCUT2D eigenvalue weighted by Crippen LogP contribution is -2.40. The lowest BCUT2D eigenvalue weighted by atomic mass is 10.1. The van der Waals surface area contributed by atoms with Crippen LogP contribution in [0, 0.1) is 13.8 Å². The topological polar surface area (TPSA) is 73.1 Å². The van der Waals surface area contributed by atoms with Crippen LogP contribution in [-0.4, -0.2) is 15.0 Å². The molecule has 152 valence electrons. The van der Waals surface area contributed by atoms with E-state index in [1.165, 1.54) is 15.9 Å². The molecule has 6 nitrogen and oxygen atoms in total. The number of benzene rings is 2. The molecular formula is C22H18ClN3O3S. The number of rotatable bonds is 4. The summed E-state index contributed by atoms with van der Waals surface area (Å²) in [6.07, 6.45) is 0. The van der Waals surface area contributed by atoms with Gasteiger partial charge in [0.2, 0.25) is 5.91 Å². The van der Waals surface area contributed by atoms with E-state index in [9.17, 15) is 14.4 Å². The molecule has 0 atom stereocenters. The second kappa shape index (κ2) is 7.93. The van der Waals surface area contributed by atoms with Crippen molar-refractivity contribution in [3.8, 4) is 5.69 Å². The fraction of sp³-hybridized carbons (Fsp3) is 0.136. The van der Waals surface area contributed by atoms with E-state index in [0.29, 0.717) is 26.6 Å². The monoisotopic (exact) mass is 439 g/mol. The van der Waals surface area contributed by atoms with Crippen LogP contribution in [0.15, 0.2) is 63.5 Å². The third kappa shape index (κ3) is 3.58. The van der Waals surface area contributed by atoms with Crippen molar-refractivity contribution in [1.82, 2.24) is 9.13 Å². The lowest BCUT2D eigenvalue weighted by Gasteiger charge is -2.14. The summed E-state index contributed by atoms with van der Waals surface area (Å²) < 4.78 is 2.88. The number of anilines is 1. The van der Waals surface area contributed by atoms with Gasteiger partial charge in [-0.25, -0.2) is 9.36 Å². The van der Waals surface area contributed by atoms with Crippen molar-refractivity contribution >= 4 is 44.7 Å². The summed E-state index contributed by atoms with van der Waals surface area (Å²) in [5.74, 6) is -0.413. The minimum absolute atomic E-state index is 0.248. The third-order valence-corrected chi connectivity index (χ3v) is 6.03. The molecule has 30 heavy (non-hydrogen) atoms. The maximum atomic E-state index is 13.3. The minimum Gasteiger partial charge on any atom is -0.323 e. The maximum absolute atomic E-state index is 13.3. The Morgan fingerprint density at radius 3 is 2.63 bits per heavy atom. The predicted octanol–water partition coefficient (Wildman–Crippen LogP) is 4.12. The summed E-state index contributed by atoms with van der Waals surface area (Å²) in [5.41, 5.74) is 2.18. The van der Waals surface area contributed by atoms with Gasteiger partial charge in [0.15, 0.2) is 0 Å². The molecule has 4 rings (SSSR count). The first-order valence-corrected chi connectivity index (χ1v) is 10.5. The zero-order valence-corrected chi connectivity index (χ0v) is 17.9. The number of carbonyl (C=O) groups excluding carboxylic acids is 1.